The molecule has 0 saturated heterocycles. The lowest BCUT2D eigenvalue weighted by Crippen LogP contribution is -2.45. The molecule has 81 heavy (non-hydrogen) atoms. The minimum Gasteiger partial charge on any atom is -0.394 e. The van der Waals surface area contributed by atoms with E-state index in [0.29, 0.717) is 6.42 Å². The Bertz CT molecular complexity index is 1380. The number of hydrogen-bond acceptors (Lipinski definition) is 3. The summed E-state index contributed by atoms with van der Waals surface area (Å²) in [5, 5.41) is 23.3. The van der Waals surface area contributed by atoms with Crippen molar-refractivity contribution >= 4 is 5.91 Å². The molecule has 0 aromatic heterocycles. The summed E-state index contributed by atoms with van der Waals surface area (Å²) in [5.41, 5.74) is 0. The molecule has 2 unspecified atom stereocenters. The highest BCUT2D eigenvalue weighted by Crippen LogP contribution is 2.19. The molecular formula is C77H143NO3. The molecular weight excluding hydrogens is 987 g/mol. The van der Waals surface area contributed by atoms with Crippen LogP contribution >= 0.6 is 0 Å². The SMILES string of the molecule is CC/C=C\C/C=C\C/C=C\C/C=C\C/C=C\CCCCCCCCCCCCCCCCCCCCCCCC(=O)NC(CO)C(O)/C=C/CCCCCCCCCCCCCCCCCCCCCCCCCCCCCCCC. The Morgan fingerprint density at radius 3 is 0.815 bits per heavy atom. The molecule has 474 valence electrons. The molecule has 2 atom stereocenters. The maximum absolute atomic E-state index is 12.6. The van der Waals surface area contributed by atoms with Crippen LogP contribution in [0.2, 0.25) is 0 Å². The molecule has 0 spiro atoms. The molecule has 0 aliphatic carbocycles. The second-order valence-electron chi connectivity index (χ2n) is 25.0. The van der Waals surface area contributed by atoms with E-state index in [-0.39, 0.29) is 12.5 Å². The zero-order valence-corrected chi connectivity index (χ0v) is 54.8. The van der Waals surface area contributed by atoms with E-state index in [0.717, 1.165) is 57.8 Å². The number of carbonyl (C=O) groups is 1. The van der Waals surface area contributed by atoms with Gasteiger partial charge in [-0.05, 0) is 64.2 Å². The maximum atomic E-state index is 12.6. The smallest absolute Gasteiger partial charge is 0.220 e. The zero-order chi connectivity index (χ0) is 58.4. The Labute approximate surface area is 508 Å². The van der Waals surface area contributed by atoms with Gasteiger partial charge in [0.2, 0.25) is 5.91 Å². The number of aliphatic hydroxyl groups is 2. The van der Waals surface area contributed by atoms with Gasteiger partial charge in [-0.15, -0.1) is 0 Å². The number of aliphatic hydroxyl groups excluding tert-OH is 2. The van der Waals surface area contributed by atoms with E-state index >= 15 is 0 Å². The third-order valence-corrected chi connectivity index (χ3v) is 16.9. The first-order chi connectivity index (χ1) is 40.2. The largest absolute Gasteiger partial charge is 0.394 e. The molecule has 0 aliphatic rings. The standard InChI is InChI=1S/C77H143NO3/c1-3-5-7-9-11-13-15-17-19-21-23-25-27-29-31-33-35-37-38-39-40-41-43-45-47-49-51-53-55-57-59-61-63-65-67-69-71-73-77(81)78-75(74-79)76(80)72-70-68-66-64-62-60-58-56-54-52-50-48-46-44-42-36-34-32-30-28-26-24-22-20-18-16-14-12-10-8-6-4-2/h5,7,11,13,17,19,23,25,29,31,70,72,75-76,79-80H,3-4,6,8-10,12,14-16,18,20-22,24,26-28,30,32-69,71,73-74H2,1-2H3,(H,78,81)/b7-5-,13-11-,19-17-,25-23-,31-29-,72-70+. The minimum absolute atomic E-state index is 0.0573. The summed E-state index contributed by atoms with van der Waals surface area (Å²) in [6.45, 7) is 4.24. The Balaban J connectivity index is 3.42. The molecule has 1 amide bonds. The highest BCUT2D eigenvalue weighted by Gasteiger charge is 2.18. The first-order valence-corrected chi connectivity index (χ1v) is 36.7. The lowest BCUT2D eigenvalue weighted by molar-refractivity contribution is -0.123. The van der Waals surface area contributed by atoms with Crippen molar-refractivity contribution in [1.82, 2.24) is 5.32 Å². The van der Waals surface area contributed by atoms with Gasteiger partial charge in [0.1, 0.15) is 0 Å². The number of carbonyl (C=O) groups excluding carboxylic acids is 1. The number of allylic oxidation sites excluding steroid dienone is 11. The van der Waals surface area contributed by atoms with Crippen LogP contribution in [-0.4, -0.2) is 34.9 Å². The van der Waals surface area contributed by atoms with Crippen molar-refractivity contribution in [2.75, 3.05) is 6.61 Å². The van der Waals surface area contributed by atoms with Gasteiger partial charge in [0, 0.05) is 6.42 Å². The van der Waals surface area contributed by atoms with Crippen LogP contribution in [-0.2, 0) is 4.79 Å². The van der Waals surface area contributed by atoms with Gasteiger partial charge >= 0.3 is 0 Å². The topological polar surface area (TPSA) is 69.6 Å². The van der Waals surface area contributed by atoms with Gasteiger partial charge < -0.3 is 15.5 Å². The summed E-state index contributed by atoms with van der Waals surface area (Å²) < 4.78 is 0. The molecule has 0 aromatic carbocycles. The first kappa shape index (κ1) is 78.8. The van der Waals surface area contributed by atoms with E-state index in [9.17, 15) is 15.0 Å². The first-order valence-electron chi connectivity index (χ1n) is 36.7. The molecule has 0 aliphatic heterocycles. The van der Waals surface area contributed by atoms with Crippen molar-refractivity contribution in [2.45, 2.75) is 405 Å². The summed E-state index contributed by atoms with van der Waals surface area (Å²) >= 11 is 0. The molecule has 0 rings (SSSR count). The van der Waals surface area contributed by atoms with Crippen LogP contribution in [0.15, 0.2) is 72.9 Å². The van der Waals surface area contributed by atoms with Crippen LogP contribution in [0.1, 0.15) is 393 Å². The summed E-state index contributed by atoms with van der Waals surface area (Å²) in [4.78, 5) is 12.6. The van der Waals surface area contributed by atoms with Crippen molar-refractivity contribution in [3.63, 3.8) is 0 Å². The summed E-state index contributed by atoms with van der Waals surface area (Å²) in [6.07, 6.45) is 104. The van der Waals surface area contributed by atoms with E-state index in [1.807, 2.05) is 6.08 Å². The number of unbranched alkanes of at least 4 members (excludes halogenated alkanes) is 51. The van der Waals surface area contributed by atoms with Gasteiger partial charge in [-0.1, -0.05) is 395 Å². The van der Waals surface area contributed by atoms with Crippen LogP contribution in [0.4, 0.5) is 0 Å². The third kappa shape index (κ3) is 68.5. The molecule has 0 radical (unpaired) electrons. The molecule has 0 saturated carbocycles. The Morgan fingerprint density at radius 1 is 0.309 bits per heavy atom. The van der Waals surface area contributed by atoms with Gasteiger partial charge in [0.25, 0.3) is 0 Å². The predicted molar refractivity (Wildman–Crippen MR) is 364 cm³/mol. The van der Waals surface area contributed by atoms with Gasteiger partial charge in [-0.2, -0.15) is 0 Å². The van der Waals surface area contributed by atoms with E-state index in [1.54, 1.807) is 6.08 Å². The predicted octanol–water partition coefficient (Wildman–Crippen LogP) is 25.2. The molecule has 0 aromatic rings. The summed E-state index contributed by atoms with van der Waals surface area (Å²) in [6, 6.07) is -0.625. The van der Waals surface area contributed by atoms with Gasteiger partial charge in [0.15, 0.2) is 0 Å². The highest BCUT2D eigenvalue weighted by molar-refractivity contribution is 5.76. The van der Waals surface area contributed by atoms with E-state index in [4.69, 9.17) is 0 Å². The Morgan fingerprint density at radius 2 is 0.543 bits per heavy atom. The highest BCUT2D eigenvalue weighted by atomic mass is 16.3. The van der Waals surface area contributed by atoms with Crippen molar-refractivity contribution < 1.29 is 15.0 Å². The van der Waals surface area contributed by atoms with Crippen molar-refractivity contribution in [3.8, 4) is 0 Å². The van der Waals surface area contributed by atoms with Crippen LogP contribution in [0.25, 0.3) is 0 Å². The molecule has 4 nitrogen and oxygen atoms in total. The van der Waals surface area contributed by atoms with Gasteiger partial charge in [-0.25, -0.2) is 0 Å². The lowest BCUT2D eigenvalue weighted by atomic mass is 10.0. The van der Waals surface area contributed by atoms with Crippen LogP contribution in [0.3, 0.4) is 0 Å². The van der Waals surface area contributed by atoms with Crippen LogP contribution < -0.4 is 5.32 Å². The zero-order valence-electron chi connectivity index (χ0n) is 54.8. The van der Waals surface area contributed by atoms with Crippen LogP contribution in [0, 0.1) is 0 Å². The molecule has 4 heteroatoms. The number of hydrogen-bond donors (Lipinski definition) is 3. The quantitative estimate of drug-likeness (QED) is 0.0420. The molecule has 0 bridgehead atoms. The number of rotatable bonds is 68. The van der Waals surface area contributed by atoms with Gasteiger partial charge in [0.05, 0.1) is 18.8 Å². The van der Waals surface area contributed by atoms with E-state index < -0.39 is 12.1 Å². The average molecular weight is 1130 g/mol. The monoisotopic (exact) mass is 1130 g/mol. The van der Waals surface area contributed by atoms with Crippen molar-refractivity contribution in [2.24, 2.45) is 0 Å². The molecule has 0 heterocycles. The van der Waals surface area contributed by atoms with Crippen LogP contribution in [0.5, 0.6) is 0 Å². The minimum atomic E-state index is -0.842. The lowest BCUT2D eigenvalue weighted by Gasteiger charge is -2.20. The Kier molecular flexibility index (Phi) is 70.2. The van der Waals surface area contributed by atoms with Crippen molar-refractivity contribution in [3.05, 3.63) is 72.9 Å². The summed E-state index contributed by atoms with van der Waals surface area (Å²) in [5.74, 6) is -0.0573. The molecule has 0 fully saturated rings. The molecule has 3 N–H and O–H groups in total. The Hall–Kier alpha value is -2.17. The van der Waals surface area contributed by atoms with E-state index in [2.05, 4.69) is 79.9 Å². The second-order valence-corrected chi connectivity index (χ2v) is 25.0. The average Bonchev–Trinajstić information content (AvgIpc) is 3.47. The normalized spacial score (nSPS) is 13.1. The fourth-order valence-corrected chi connectivity index (χ4v) is 11.4. The van der Waals surface area contributed by atoms with Crippen molar-refractivity contribution in [1.29, 1.82) is 0 Å². The van der Waals surface area contributed by atoms with E-state index in [1.165, 1.54) is 315 Å². The second kappa shape index (κ2) is 72.1. The number of nitrogens with one attached hydrogen (secondary N) is 1. The fraction of sp³-hybridized carbons (Fsp3) is 0.831. The fourth-order valence-electron chi connectivity index (χ4n) is 11.4. The number of amides is 1. The summed E-state index contributed by atoms with van der Waals surface area (Å²) in [7, 11) is 0. The maximum Gasteiger partial charge on any atom is 0.220 e. The third-order valence-electron chi connectivity index (χ3n) is 16.9. The van der Waals surface area contributed by atoms with Gasteiger partial charge in [-0.3, -0.25) is 4.79 Å².